The van der Waals surface area contributed by atoms with Gasteiger partial charge in [-0.25, -0.2) is 4.79 Å². The van der Waals surface area contributed by atoms with Crippen LogP contribution >= 0.6 is 11.6 Å². The Hall–Kier alpha value is -3.00. The molecule has 134 valence electrons. The largest absolute Gasteiger partial charge is 0.479 e. The van der Waals surface area contributed by atoms with Gasteiger partial charge in [-0.2, -0.15) is 9.61 Å². The summed E-state index contributed by atoms with van der Waals surface area (Å²) in [6, 6.07) is 10.8. The molecule has 0 unspecified atom stereocenters. The van der Waals surface area contributed by atoms with Gasteiger partial charge in [0.05, 0.1) is 0 Å². The maximum Gasteiger partial charge on any atom is 0.330 e. The van der Waals surface area contributed by atoms with Crippen LogP contribution in [0.2, 0.25) is 5.15 Å². The van der Waals surface area contributed by atoms with Gasteiger partial charge in [0, 0.05) is 12.8 Å². The third-order valence-electron chi connectivity index (χ3n) is 3.78. The fraction of sp³-hybridized carbons (Fsp3) is 0.235. The van der Waals surface area contributed by atoms with Crippen molar-refractivity contribution < 1.29 is 14.7 Å². The predicted molar refractivity (Wildman–Crippen MR) is 93.7 cm³/mol. The van der Waals surface area contributed by atoms with Crippen molar-refractivity contribution in [3.8, 4) is 0 Å². The van der Waals surface area contributed by atoms with E-state index >= 15 is 0 Å². The summed E-state index contributed by atoms with van der Waals surface area (Å²) in [5, 5.41) is 24.3. The highest BCUT2D eigenvalue weighted by molar-refractivity contribution is 6.29. The first-order valence-electron chi connectivity index (χ1n) is 7.98. The van der Waals surface area contributed by atoms with Crippen LogP contribution in [-0.4, -0.2) is 36.8 Å². The monoisotopic (exact) mass is 373 g/mol. The molecule has 0 fully saturated rings. The molecule has 1 amide bonds. The van der Waals surface area contributed by atoms with E-state index in [1.54, 1.807) is 42.5 Å². The third kappa shape index (κ3) is 4.15. The molecule has 2 heterocycles. The molecule has 9 heteroatoms. The number of carbonyl (C=O) groups excluding carboxylic acids is 1. The third-order valence-corrected chi connectivity index (χ3v) is 3.99. The second kappa shape index (κ2) is 7.92. The number of rotatable bonds is 7. The summed E-state index contributed by atoms with van der Waals surface area (Å²) in [4.78, 5) is 23.5. The molecule has 3 rings (SSSR count). The van der Waals surface area contributed by atoms with Crippen molar-refractivity contribution in [2.75, 3.05) is 0 Å². The molecule has 0 aliphatic rings. The average Bonchev–Trinajstić information content (AvgIpc) is 3.02. The SMILES string of the molecule is O=C(CCCc1nnc2ccc(Cl)nn12)N[C@H](C(=O)O)c1ccccc1. The molecule has 8 nitrogen and oxygen atoms in total. The molecule has 0 saturated carbocycles. The lowest BCUT2D eigenvalue weighted by molar-refractivity contribution is -0.142. The van der Waals surface area contributed by atoms with Gasteiger partial charge in [0.25, 0.3) is 0 Å². The van der Waals surface area contributed by atoms with Crippen molar-refractivity contribution in [2.45, 2.75) is 25.3 Å². The molecule has 1 atom stereocenters. The second-order valence-corrected chi connectivity index (χ2v) is 6.03. The van der Waals surface area contributed by atoms with Crippen molar-refractivity contribution in [3.05, 3.63) is 59.0 Å². The Morgan fingerprint density at radius 2 is 1.92 bits per heavy atom. The number of hydrogen-bond acceptors (Lipinski definition) is 5. The van der Waals surface area contributed by atoms with Crippen LogP contribution in [0.15, 0.2) is 42.5 Å². The highest BCUT2D eigenvalue weighted by Crippen LogP contribution is 2.14. The molecule has 1 aromatic carbocycles. The number of carboxylic acids is 1. The number of halogens is 1. The van der Waals surface area contributed by atoms with Crippen molar-refractivity contribution in [3.63, 3.8) is 0 Å². The Labute approximate surface area is 153 Å². The Balaban J connectivity index is 1.58. The van der Waals surface area contributed by atoms with E-state index < -0.39 is 12.0 Å². The number of hydrogen-bond donors (Lipinski definition) is 2. The van der Waals surface area contributed by atoms with E-state index in [0.29, 0.717) is 35.0 Å². The molecule has 0 saturated heterocycles. The van der Waals surface area contributed by atoms with Crippen LogP contribution in [0, 0.1) is 0 Å². The highest BCUT2D eigenvalue weighted by Gasteiger charge is 2.21. The van der Waals surface area contributed by atoms with Crippen LogP contribution in [0.4, 0.5) is 0 Å². The number of aliphatic carboxylic acids is 1. The fourth-order valence-electron chi connectivity index (χ4n) is 2.54. The first-order chi connectivity index (χ1) is 12.5. The van der Waals surface area contributed by atoms with Gasteiger partial charge in [0.1, 0.15) is 5.15 Å². The lowest BCUT2D eigenvalue weighted by Crippen LogP contribution is -2.33. The Bertz CT molecular complexity index is 929. The molecular weight excluding hydrogens is 358 g/mol. The number of fused-ring (bicyclic) bond motifs is 1. The number of benzene rings is 1. The molecule has 0 spiro atoms. The molecule has 0 bridgehead atoms. The van der Waals surface area contributed by atoms with Gasteiger partial charge in [-0.3, -0.25) is 4.79 Å². The quantitative estimate of drug-likeness (QED) is 0.655. The van der Waals surface area contributed by atoms with Crippen LogP contribution in [0.25, 0.3) is 5.65 Å². The summed E-state index contributed by atoms with van der Waals surface area (Å²) in [6.07, 6.45) is 1.10. The van der Waals surface area contributed by atoms with Crippen molar-refractivity contribution in [1.82, 2.24) is 25.1 Å². The number of carboxylic acid groups (broad SMARTS) is 1. The van der Waals surface area contributed by atoms with E-state index in [2.05, 4.69) is 20.6 Å². The van der Waals surface area contributed by atoms with Crippen LogP contribution in [-0.2, 0) is 16.0 Å². The van der Waals surface area contributed by atoms with Gasteiger partial charge in [-0.1, -0.05) is 41.9 Å². The minimum atomic E-state index is -1.10. The van der Waals surface area contributed by atoms with E-state index in [9.17, 15) is 14.7 Å². The second-order valence-electron chi connectivity index (χ2n) is 5.65. The number of nitrogens with one attached hydrogen (secondary N) is 1. The lowest BCUT2D eigenvalue weighted by Gasteiger charge is -2.14. The lowest BCUT2D eigenvalue weighted by atomic mass is 10.1. The van der Waals surface area contributed by atoms with Crippen molar-refractivity contribution in [1.29, 1.82) is 0 Å². The smallest absolute Gasteiger partial charge is 0.330 e. The summed E-state index contributed by atoms with van der Waals surface area (Å²) in [5.41, 5.74) is 1.10. The standard InChI is InChI=1S/C17H16ClN5O3/c18-12-9-10-14-21-20-13(23(14)22-12)7-4-8-15(24)19-16(17(25)26)11-5-2-1-3-6-11/h1-3,5-6,9-10,16H,4,7-8H2,(H,19,24)(H,25,26)/t16-/m0/s1. The van der Waals surface area contributed by atoms with Gasteiger partial charge in [0.15, 0.2) is 17.5 Å². The maximum atomic E-state index is 12.1. The zero-order chi connectivity index (χ0) is 18.5. The van der Waals surface area contributed by atoms with Crippen molar-refractivity contribution in [2.24, 2.45) is 0 Å². The van der Waals surface area contributed by atoms with E-state index in [4.69, 9.17) is 11.6 Å². The molecule has 2 N–H and O–H groups in total. The van der Waals surface area contributed by atoms with Crippen LogP contribution in [0.5, 0.6) is 0 Å². The number of aryl methyl sites for hydroxylation is 1. The summed E-state index contributed by atoms with van der Waals surface area (Å²) >= 11 is 5.87. The molecule has 2 aromatic heterocycles. The van der Waals surface area contributed by atoms with Crippen molar-refractivity contribution >= 4 is 29.1 Å². The first kappa shape index (κ1) is 17.8. The van der Waals surface area contributed by atoms with Crippen LogP contribution < -0.4 is 5.32 Å². The van der Waals surface area contributed by atoms with E-state index in [1.807, 2.05) is 0 Å². The van der Waals surface area contributed by atoms with Gasteiger partial charge < -0.3 is 10.4 Å². The molecule has 26 heavy (non-hydrogen) atoms. The minimum absolute atomic E-state index is 0.159. The zero-order valence-corrected chi connectivity index (χ0v) is 14.4. The number of amides is 1. The maximum absolute atomic E-state index is 12.1. The normalized spacial score (nSPS) is 12.0. The van der Waals surface area contributed by atoms with E-state index in [0.717, 1.165) is 0 Å². The van der Waals surface area contributed by atoms with Gasteiger partial charge in [0.2, 0.25) is 5.91 Å². The predicted octanol–water partition coefficient (Wildman–Crippen LogP) is 2.04. The van der Waals surface area contributed by atoms with Crippen LogP contribution in [0.1, 0.15) is 30.3 Å². The van der Waals surface area contributed by atoms with Gasteiger partial charge in [-0.15, -0.1) is 10.2 Å². The summed E-state index contributed by atoms with van der Waals surface area (Å²) in [7, 11) is 0. The summed E-state index contributed by atoms with van der Waals surface area (Å²) in [6.45, 7) is 0. The Morgan fingerprint density at radius 1 is 1.15 bits per heavy atom. The van der Waals surface area contributed by atoms with Crippen LogP contribution in [0.3, 0.4) is 0 Å². The topological polar surface area (TPSA) is 109 Å². The zero-order valence-electron chi connectivity index (χ0n) is 13.7. The fourth-order valence-corrected chi connectivity index (χ4v) is 2.68. The van der Waals surface area contributed by atoms with Gasteiger partial charge in [-0.05, 0) is 24.1 Å². The Morgan fingerprint density at radius 3 is 2.65 bits per heavy atom. The Kier molecular flexibility index (Phi) is 5.43. The number of aromatic nitrogens is 4. The molecular formula is C17H16ClN5O3. The summed E-state index contributed by atoms with van der Waals surface area (Å²) in [5.74, 6) is -0.860. The summed E-state index contributed by atoms with van der Waals surface area (Å²) < 4.78 is 1.53. The molecule has 0 aliphatic carbocycles. The first-order valence-corrected chi connectivity index (χ1v) is 8.36. The average molecular weight is 374 g/mol. The number of carbonyl (C=O) groups is 2. The van der Waals surface area contributed by atoms with Gasteiger partial charge >= 0.3 is 5.97 Å². The molecule has 0 aliphatic heterocycles. The molecule has 0 radical (unpaired) electrons. The van der Waals surface area contributed by atoms with E-state index in [1.165, 1.54) is 4.52 Å². The number of nitrogens with zero attached hydrogens (tertiary/aromatic N) is 4. The molecule has 3 aromatic rings. The highest BCUT2D eigenvalue weighted by atomic mass is 35.5. The minimum Gasteiger partial charge on any atom is -0.479 e. The van der Waals surface area contributed by atoms with E-state index in [-0.39, 0.29) is 12.3 Å².